The van der Waals surface area contributed by atoms with Crippen molar-refractivity contribution in [2.24, 2.45) is 5.11 Å². The number of carbonyl (C=O) groups is 1. The lowest BCUT2D eigenvalue weighted by molar-refractivity contribution is -0.205. The molecule has 0 saturated carbocycles. The van der Waals surface area contributed by atoms with E-state index >= 15 is 0 Å². The van der Waals surface area contributed by atoms with Crippen molar-refractivity contribution in [3.05, 3.63) is 10.4 Å². The van der Waals surface area contributed by atoms with Crippen molar-refractivity contribution in [1.82, 2.24) is 0 Å². The maximum Gasteiger partial charge on any atom is 0.471 e. The summed E-state index contributed by atoms with van der Waals surface area (Å²) in [5.74, 6) is -0.576. The van der Waals surface area contributed by atoms with Crippen molar-refractivity contribution >= 4 is 13.8 Å². The molecular weight excluding hydrogens is 281 g/mol. The Morgan fingerprint density at radius 1 is 1.58 bits per heavy atom. The molecule has 1 aliphatic rings. The number of esters is 1. The van der Waals surface area contributed by atoms with Crippen LogP contribution < -0.4 is 0 Å². The van der Waals surface area contributed by atoms with Gasteiger partial charge < -0.3 is 19.3 Å². The summed E-state index contributed by atoms with van der Waals surface area (Å²) in [5, 5.41) is 3.44. The van der Waals surface area contributed by atoms with Crippen molar-refractivity contribution in [3.63, 3.8) is 0 Å². The van der Waals surface area contributed by atoms with Crippen LogP contribution in [0.25, 0.3) is 10.4 Å². The molecule has 10 nitrogen and oxygen atoms in total. The summed E-state index contributed by atoms with van der Waals surface area (Å²) in [5.41, 5.74) is 8.46. The van der Waals surface area contributed by atoms with E-state index in [4.69, 9.17) is 24.8 Å². The minimum Gasteiger partial charge on any atom is -0.459 e. The number of nitrogens with zero attached hydrogens (tertiary/aromatic N) is 3. The summed E-state index contributed by atoms with van der Waals surface area (Å²) >= 11 is 0. The van der Waals surface area contributed by atoms with E-state index in [1.165, 1.54) is 13.8 Å². The van der Waals surface area contributed by atoms with Crippen LogP contribution in [-0.2, 0) is 23.4 Å². The highest BCUT2D eigenvalue weighted by Gasteiger charge is 2.40. The summed E-state index contributed by atoms with van der Waals surface area (Å²) in [6.07, 6.45) is -2.93. The maximum absolute atomic E-state index is 10.9. The molecule has 2 N–H and O–H groups in total. The first-order chi connectivity index (χ1) is 8.73. The van der Waals surface area contributed by atoms with Crippen molar-refractivity contribution < 1.29 is 33.1 Å². The first-order valence-corrected chi connectivity index (χ1v) is 6.87. The van der Waals surface area contributed by atoms with Crippen LogP contribution in [0.15, 0.2) is 5.11 Å². The van der Waals surface area contributed by atoms with Crippen molar-refractivity contribution in [2.75, 3.05) is 0 Å². The van der Waals surface area contributed by atoms with Gasteiger partial charge in [0.2, 0.25) is 0 Å². The highest BCUT2D eigenvalue weighted by atomic mass is 31.2. The average molecular weight is 295 g/mol. The van der Waals surface area contributed by atoms with Gasteiger partial charge in [0.05, 0.1) is 12.1 Å². The van der Waals surface area contributed by atoms with E-state index in [1.54, 1.807) is 0 Å². The molecule has 0 aromatic carbocycles. The van der Waals surface area contributed by atoms with Gasteiger partial charge in [-0.05, 0) is 12.5 Å². The van der Waals surface area contributed by atoms with E-state index in [-0.39, 0.29) is 6.42 Å². The minimum atomic E-state index is -4.72. The van der Waals surface area contributed by atoms with Crippen LogP contribution in [0.5, 0.6) is 0 Å². The molecule has 0 radical (unpaired) electrons. The second-order valence-corrected chi connectivity index (χ2v) is 5.14. The SMILES string of the molecule is CC(=O)O[C@@H]1[C@@H](N=[N+]=[N-])C[C@@H](OP(=O)(O)O)O[C@H]1C. The first kappa shape index (κ1) is 15.9. The predicted octanol–water partition coefficient (Wildman–Crippen LogP) is 0.841. The van der Waals surface area contributed by atoms with E-state index in [2.05, 4.69) is 14.5 Å². The van der Waals surface area contributed by atoms with Crippen LogP contribution in [0.4, 0.5) is 0 Å². The van der Waals surface area contributed by atoms with Gasteiger partial charge in [-0.1, -0.05) is 5.11 Å². The molecule has 0 aliphatic carbocycles. The summed E-state index contributed by atoms with van der Waals surface area (Å²) in [4.78, 5) is 31.0. The molecule has 1 saturated heterocycles. The van der Waals surface area contributed by atoms with Gasteiger partial charge in [-0.25, -0.2) is 4.57 Å². The fraction of sp³-hybridized carbons (Fsp3) is 0.875. The third kappa shape index (κ3) is 5.15. The fourth-order valence-corrected chi connectivity index (χ4v) is 2.22. The van der Waals surface area contributed by atoms with Gasteiger partial charge in [0, 0.05) is 18.3 Å². The number of rotatable bonds is 4. The standard InChI is InChI=1S/C8H14N3O7P/c1-4-8(17-5(2)12)6(10-11-9)3-7(16-4)18-19(13,14)15/h4,6-8H,3H2,1-2H3,(H2,13,14,15)/t4-,6-,7+,8-/m0/s1. The highest BCUT2D eigenvalue weighted by molar-refractivity contribution is 7.46. The molecule has 11 heteroatoms. The van der Waals surface area contributed by atoms with Crippen molar-refractivity contribution in [3.8, 4) is 0 Å². The first-order valence-electron chi connectivity index (χ1n) is 5.33. The van der Waals surface area contributed by atoms with E-state index in [0.717, 1.165) is 0 Å². The van der Waals surface area contributed by atoms with Gasteiger partial charge in [-0.2, -0.15) is 0 Å². The minimum absolute atomic E-state index is 0.128. The molecule has 0 amide bonds. The van der Waals surface area contributed by atoms with Crippen LogP contribution >= 0.6 is 7.82 Å². The van der Waals surface area contributed by atoms with Gasteiger partial charge in [0.15, 0.2) is 6.29 Å². The number of ether oxygens (including phenoxy) is 2. The lowest BCUT2D eigenvalue weighted by Gasteiger charge is -2.37. The summed E-state index contributed by atoms with van der Waals surface area (Å²) < 4.78 is 25.3. The van der Waals surface area contributed by atoms with Crippen molar-refractivity contribution in [1.29, 1.82) is 0 Å². The molecule has 0 bridgehead atoms. The molecule has 0 spiro atoms. The normalized spacial score (nSPS) is 31.4. The smallest absolute Gasteiger partial charge is 0.459 e. The fourth-order valence-electron chi connectivity index (χ4n) is 1.78. The quantitative estimate of drug-likeness (QED) is 0.256. The van der Waals surface area contributed by atoms with Crippen molar-refractivity contribution in [2.45, 2.75) is 44.8 Å². The molecule has 1 heterocycles. The Morgan fingerprint density at radius 3 is 2.68 bits per heavy atom. The van der Waals surface area contributed by atoms with Crippen LogP contribution in [0.1, 0.15) is 20.3 Å². The molecule has 0 aromatic heterocycles. The van der Waals surface area contributed by atoms with E-state index in [0.29, 0.717) is 0 Å². The Labute approximate surface area is 108 Å². The third-order valence-corrected chi connectivity index (χ3v) is 2.91. The molecule has 108 valence electrons. The number of phosphoric acid groups is 1. The molecule has 19 heavy (non-hydrogen) atoms. The van der Waals surface area contributed by atoms with Gasteiger partial charge >= 0.3 is 13.8 Å². The van der Waals surface area contributed by atoms with Crippen LogP contribution in [-0.4, -0.2) is 40.3 Å². The van der Waals surface area contributed by atoms with Crippen LogP contribution in [0.3, 0.4) is 0 Å². The number of carbonyl (C=O) groups excluding carboxylic acids is 1. The number of hydrogen-bond acceptors (Lipinski definition) is 6. The molecule has 4 atom stereocenters. The van der Waals surface area contributed by atoms with Gasteiger partial charge in [0.25, 0.3) is 0 Å². The summed E-state index contributed by atoms with van der Waals surface area (Å²) in [6.45, 7) is 2.71. The molecular formula is C8H14N3O7P. The maximum atomic E-state index is 10.9. The van der Waals surface area contributed by atoms with Crippen LogP contribution in [0, 0.1) is 0 Å². The zero-order valence-corrected chi connectivity index (χ0v) is 11.1. The van der Waals surface area contributed by atoms with Crippen LogP contribution in [0.2, 0.25) is 0 Å². The third-order valence-electron chi connectivity index (χ3n) is 2.40. The second-order valence-electron chi connectivity index (χ2n) is 3.95. The van der Waals surface area contributed by atoms with E-state index in [1.807, 2.05) is 0 Å². The Hall–Kier alpha value is -1.15. The Balaban J connectivity index is 2.82. The number of hydrogen-bond donors (Lipinski definition) is 2. The summed E-state index contributed by atoms with van der Waals surface area (Å²) in [7, 11) is -4.72. The zero-order valence-electron chi connectivity index (χ0n) is 10.2. The molecule has 1 rings (SSSR count). The highest BCUT2D eigenvalue weighted by Crippen LogP contribution is 2.41. The predicted molar refractivity (Wildman–Crippen MR) is 60.6 cm³/mol. The number of phosphoric ester groups is 1. The van der Waals surface area contributed by atoms with Gasteiger partial charge in [-0.3, -0.25) is 9.32 Å². The van der Waals surface area contributed by atoms with Gasteiger partial charge in [-0.15, -0.1) is 0 Å². The Morgan fingerprint density at radius 2 is 2.21 bits per heavy atom. The lowest BCUT2D eigenvalue weighted by Crippen LogP contribution is -2.48. The Kier molecular flexibility index (Phi) is 5.30. The Bertz CT molecular complexity index is 432. The topological polar surface area (TPSA) is 151 Å². The zero-order chi connectivity index (χ0) is 14.6. The largest absolute Gasteiger partial charge is 0.471 e. The average Bonchev–Trinajstić information content (AvgIpc) is 2.20. The second kappa shape index (κ2) is 6.33. The van der Waals surface area contributed by atoms with Gasteiger partial charge in [0.1, 0.15) is 6.10 Å². The molecule has 1 aliphatic heterocycles. The van der Waals surface area contributed by atoms with E-state index in [9.17, 15) is 9.36 Å². The molecule has 1 fully saturated rings. The molecule has 0 unspecified atom stereocenters. The molecule has 0 aromatic rings. The van der Waals surface area contributed by atoms with E-state index < -0.39 is 38.3 Å². The lowest BCUT2D eigenvalue weighted by atomic mass is 10.0. The summed E-state index contributed by atoms with van der Waals surface area (Å²) in [6, 6.07) is -0.825. The number of azide groups is 1. The monoisotopic (exact) mass is 295 g/mol.